The number of ether oxygens (including phenoxy) is 1. The third-order valence-corrected chi connectivity index (χ3v) is 4.41. The van der Waals surface area contributed by atoms with Gasteiger partial charge in [0, 0.05) is 5.92 Å². The summed E-state index contributed by atoms with van der Waals surface area (Å²) in [5.74, 6) is -0.272. The molecule has 1 aliphatic rings. The van der Waals surface area contributed by atoms with Crippen molar-refractivity contribution in [2.45, 2.75) is 44.8 Å². The third-order valence-electron chi connectivity index (χ3n) is 4.41. The van der Waals surface area contributed by atoms with E-state index >= 15 is 0 Å². The Labute approximate surface area is 126 Å². The first-order valence-electron chi connectivity index (χ1n) is 7.56. The van der Waals surface area contributed by atoms with Crippen molar-refractivity contribution in [1.82, 2.24) is 5.32 Å². The number of carbonyl (C=O) groups excluding carboxylic acids is 1. The predicted molar refractivity (Wildman–Crippen MR) is 81.8 cm³/mol. The van der Waals surface area contributed by atoms with Crippen LogP contribution in [-0.2, 0) is 15.1 Å². The molecule has 1 aromatic rings. The number of aliphatic hydroxyl groups is 1. The molecule has 0 spiro atoms. The van der Waals surface area contributed by atoms with Crippen LogP contribution in [-0.4, -0.2) is 29.8 Å². The SMILES string of the molecule is CC(O)(C(=O)OC(C)(C)C1CCNCC1)c1ccccc1. The highest BCUT2D eigenvalue weighted by atomic mass is 16.6. The van der Waals surface area contributed by atoms with Crippen molar-refractivity contribution in [2.24, 2.45) is 5.92 Å². The van der Waals surface area contributed by atoms with Crippen LogP contribution >= 0.6 is 0 Å². The first kappa shape index (κ1) is 16.0. The molecule has 0 aromatic heterocycles. The molecule has 4 nitrogen and oxygen atoms in total. The maximum absolute atomic E-state index is 12.4. The number of esters is 1. The zero-order valence-corrected chi connectivity index (χ0v) is 13.1. The van der Waals surface area contributed by atoms with E-state index in [0.29, 0.717) is 11.5 Å². The number of carbonyl (C=O) groups is 1. The van der Waals surface area contributed by atoms with E-state index in [2.05, 4.69) is 5.32 Å². The summed E-state index contributed by atoms with van der Waals surface area (Å²) >= 11 is 0. The van der Waals surface area contributed by atoms with Crippen LogP contribution in [0.4, 0.5) is 0 Å². The molecule has 0 aliphatic carbocycles. The normalized spacial score (nSPS) is 19.8. The molecule has 0 amide bonds. The lowest BCUT2D eigenvalue weighted by molar-refractivity contribution is -0.184. The highest BCUT2D eigenvalue weighted by molar-refractivity contribution is 5.80. The van der Waals surface area contributed by atoms with E-state index in [1.807, 2.05) is 19.9 Å². The van der Waals surface area contributed by atoms with Crippen LogP contribution in [0.15, 0.2) is 30.3 Å². The van der Waals surface area contributed by atoms with Crippen molar-refractivity contribution < 1.29 is 14.6 Å². The molecule has 1 heterocycles. The van der Waals surface area contributed by atoms with Gasteiger partial charge < -0.3 is 15.2 Å². The van der Waals surface area contributed by atoms with Crippen LogP contribution in [0.25, 0.3) is 0 Å². The molecule has 1 atom stereocenters. The van der Waals surface area contributed by atoms with E-state index in [9.17, 15) is 9.90 Å². The number of rotatable bonds is 4. The first-order valence-corrected chi connectivity index (χ1v) is 7.56. The fourth-order valence-corrected chi connectivity index (χ4v) is 2.82. The molecule has 0 saturated carbocycles. The maximum atomic E-state index is 12.4. The largest absolute Gasteiger partial charge is 0.457 e. The Kier molecular flexibility index (Phi) is 4.69. The van der Waals surface area contributed by atoms with Crippen molar-refractivity contribution in [1.29, 1.82) is 0 Å². The van der Waals surface area contributed by atoms with Gasteiger partial charge in [-0.2, -0.15) is 0 Å². The predicted octanol–water partition coefficient (Wildman–Crippen LogP) is 2.22. The Morgan fingerprint density at radius 3 is 2.33 bits per heavy atom. The van der Waals surface area contributed by atoms with E-state index in [4.69, 9.17) is 4.74 Å². The van der Waals surface area contributed by atoms with Gasteiger partial charge in [0.05, 0.1) is 0 Å². The van der Waals surface area contributed by atoms with Gasteiger partial charge >= 0.3 is 5.97 Å². The van der Waals surface area contributed by atoms with Crippen molar-refractivity contribution in [2.75, 3.05) is 13.1 Å². The molecule has 2 rings (SSSR count). The minimum Gasteiger partial charge on any atom is -0.457 e. The summed E-state index contributed by atoms with van der Waals surface area (Å²) in [4.78, 5) is 12.4. The second-order valence-electron chi connectivity index (χ2n) is 6.46. The van der Waals surface area contributed by atoms with Crippen LogP contribution in [0.3, 0.4) is 0 Å². The van der Waals surface area contributed by atoms with Crippen LogP contribution < -0.4 is 5.32 Å². The van der Waals surface area contributed by atoms with Gasteiger partial charge in [-0.25, -0.2) is 4.79 Å². The zero-order valence-electron chi connectivity index (χ0n) is 13.1. The van der Waals surface area contributed by atoms with Crippen LogP contribution in [0.1, 0.15) is 39.2 Å². The summed E-state index contributed by atoms with van der Waals surface area (Å²) in [7, 11) is 0. The summed E-state index contributed by atoms with van der Waals surface area (Å²) in [6, 6.07) is 8.92. The minimum absolute atomic E-state index is 0.314. The Morgan fingerprint density at radius 1 is 1.19 bits per heavy atom. The average Bonchev–Trinajstić information content (AvgIpc) is 2.48. The van der Waals surface area contributed by atoms with Crippen LogP contribution in [0, 0.1) is 5.92 Å². The zero-order chi connectivity index (χ0) is 15.5. The molecule has 21 heavy (non-hydrogen) atoms. The topological polar surface area (TPSA) is 58.6 Å². The second kappa shape index (κ2) is 6.16. The number of piperidine rings is 1. The molecule has 1 aromatic carbocycles. The summed E-state index contributed by atoms with van der Waals surface area (Å²) in [5, 5.41) is 13.8. The average molecular weight is 291 g/mol. The van der Waals surface area contributed by atoms with Gasteiger partial charge in [0.25, 0.3) is 0 Å². The number of hydrogen-bond acceptors (Lipinski definition) is 4. The quantitative estimate of drug-likeness (QED) is 0.835. The molecular formula is C17H25NO3. The molecule has 1 fully saturated rings. The highest BCUT2D eigenvalue weighted by Crippen LogP contribution is 2.32. The van der Waals surface area contributed by atoms with E-state index in [0.717, 1.165) is 25.9 Å². The van der Waals surface area contributed by atoms with Crippen LogP contribution in [0.5, 0.6) is 0 Å². The smallest absolute Gasteiger partial charge is 0.343 e. The highest BCUT2D eigenvalue weighted by Gasteiger charge is 2.41. The third kappa shape index (κ3) is 3.63. The lowest BCUT2D eigenvalue weighted by Gasteiger charge is -2.38. The van der Waals surface area contributed by atoms with Crippen molar-refractivity contribution in [3.63, 3.8) is 0 Å². The Balaban J connectivity index is 2.09. The molecule has 0 radical (unpaired) electrons. The van der Waals surface area contributed by atoms with Crippen molar-refractivity contribution >= 4 is 5.97 Å². The van der Waals surface area contributed by atoms with E-state index in [1.165, 1.54) is 6.92 Å². The number of benzene rings is 1. The standard InChI is InChI=1S/C17H25NO3/c1-16(2,13-9-11-18-12-10-13)21-15(19)17(3,20)14-7-5-4-6-8-14/h4-8,13,18,20H,9-12H2,1-3H3. The Bertz CT molecular complexity index is 476. The molecule has 1 saturated heterocycles. The summed E-state index contributed by atoms with van der Waals surface area (Å²) < 4.78 is 5.68. The summed E-state index contributed by atoms with van der Waals surface area (Å²) in [5.41, 5.74) is -1.64. The second-order valence-corrected chi connectivity index (χ2v) is 6.46. The molecule has 116 valence electrons. The lowest BCUT2D eigenvalue weighted by atomic mass is 9.83. The van der Waals surface area contributed by atoms with Crippen molar-refractivity contribution in [3.05, 3.63) is 35.9 Å². The number of hydrogen-bond donors (Lipinski definition) is 2. The Morgan fingerprint density at radius 2 is 1.76 bits per heavy atom. The summed E-state index contributed by atoms with van der Waals surface area (Å²) in [6.07, 6.45) is 1.96. The fraction of sp³-hybridized carbons (Fsp3) is 0.588. The first-order chi connectivity index (χ1) is 9.84. The number of nitrogens with one attached hydrogen (secondary N) is 1. The molecule has 2 N–H and O–H groups in total. The molecule has 4 heteroatoms. The Hall–Kier alpha value is -1.39. The van der Waals surface area contributed by atoms with E-state index < -0.39 is 17.2 Å². The van der Waals surface area contributed by atoms with Gasteiger partial charge in [0.2, 0.25) is 0 Å². The van der Waals surface area contributed by atoms with Gasteiger partial charge in [-0.3, -0.25) is 0 Å². The van der Waals surface area contributed by atoms with Gasteiger partial charge in [-0.15, -0.1) is 0 Å². The molecular weight excluding hydrogens is 266 g/mol. The maximum Gasteiger partial charge on any atom is 0.343 e. The van der Waals surface area contributed by atoms with Crippen molar-refractivity contribution in [3.8, 4) is 0 Å². The van der Waals surface area contributed by atoms with Gasteiger partial charge in [0.1, 0.15) is 5.60 Å². The molecule has 1 aliphatic heterocycles. The van der Waals surface area contributed by atoms with Gasteiger partial charge in [-0.1, -0.05) is 30.3 Å². The molecule has 1 unspecified atom stereocenters. The minimum atomic E-state index is -1.62. The van der Waals surface area contributed by atoms with E-state index in [-0.39, 0.29) is 0 Å². The summed E-state index contributed by atoms with van der Waals surface area (Å²) in [6.45, 7) is 7.24. The fourth-order valence-electron chi connectivity index (χ4n) is 2.82. The van der Waals surface area contributed by atoms with Gasteiger partial charge in [0.15, 0.2) is 5.60 Å². The monoisotopic (exact) mass is 291 g/mol. The van der Waals surface area contributed by atoms with Crippen LogP contribution in [0.2, 0.25) is 0 Å². The van der Waals surface area contributed by atoms with E-state index in [1.54, 1.807) is 24.3 Å². The molecule has 0 bridgehead atoms. The van der Waals surface area contributed by atoms with Gasteiger partial charge in [-0.05, 0) is 52.3 Å². The lowest BCUT2D eigenvalue weighted by Crippen LogP contribution is -2.46.